The SMILES string of the molecule is CCN1CCn2c(C)cnc2C12CCN(Cc1ccsc1)CC2.O=C(O)C(F)(F)F.O=C(O)C(F)(F)F.O=C(O)C(F)(F)F. The molecule has 3 N–H and O–H groups in total. The predicted molar refractivity (Wildman–Crippen MR) is 136 cm³/mol. The van der Waals surface area contributed by atoms with Gasteiger partial charge in [-0.15, -0.1) is 0 Å². The molecule has 2 aliphatic rings. The van der Waals surface area contributed by atoms with E-state index in [4.69, 9.17) is 34.7 Å². The number of nitrogens with zero attached hydrogens (tertiary/aromatic N) is 4. The number of likely N-dealkylation sites (N-methyl/N-ethyl adjacent to an activating group) is 1. The molecule has 2 aromatic heterocycles. The number of carbonyl (C=O) groups is 3. The normalized spacial score (nSPS) is 16.7. The highest BCUT2D eigenvalue weighted by atomic mass is 32.1. The van der Waals surface area contributed by atoms with Crippen LogP contribution in [0.25, 0.3) is 0 Å². The maximum absolute atomic E-state index is 10.6. The highest BCUT2D eigenvalue weighted by Gasteiger charge is 2.46. The molecule has 44 heavy (non-hydrogen) atoms. The van der Waals surface area contributed by atoms with Crippen molar-refractivity contribution in [3.05, 3.63) is 40.1 Å². The van der Waals surface area contributed by atoms with E-state index in [0.717, 1.165) is 39.3 Å². The van der Waals surface area contributed by atoms with Crippen molar-refractivity contribution in [2.24, 2.45) is 0 Å². The van der Waals surface area contributed by atoms with Gasteiger partial charge in [0.1, 0.15) is 5.82 Å². The molecule has 0 aliphatic carbocycles. The van der Waals surface area contributed by atoms with Gasteiger partial charge >= 0.3 is 36.4 Å². The molecule has 0 unspecified atom stereocenters. The molecule has 4 rings (SSSR count). The number of alkyl halides is 9. The summed E-state index contributed by atoms with van der Waals surface area (Å²) in [5.41, 5.74) is 2.93. The zero-order valence-corrected chi connectivity index (χ0v) is 23.9. The first-order valence-electron chi connectivity index (χ1n) is 12.5. The second-order valence-electron chi connectivity index (χ2n) is 9.30. The number of imidazole rings is 1. The third-order valence-corrected chi connectivity index (χ3v) is 7.18. The fourth-order valence-corrected chi connectivity index (χ4v) is 5.07. The number of likely N-dealkylation sites (tertiary alicyclic amines) is 1. The summed E-state index contributed by atoms with van der Waals surface area (Å²) in [5, 5.41) is 25.8. The second-order valence-corrected chi connectivity index (χ2v) is 10.1. The van der Waals surface area contributed by atoms with Crippen LogP contribution in [0.5, 0.6) is 0 Å². The van der Waals surface area contributed by atoms with Crippen LogP contribution in [0.3, 0.4) is 0 Å². The number of carboxylic acid groups (broad SMARTS) is 3. The summed E-state index contributed by atoms with van der Waals surface area (Å²) in [6, 6.07) is 2.25. The van der Waals surface area contributed by atoms with Crippen molar-refractivity contribution in [3.8, 4) is 0 Å². The number of thiophene rings is 1. The van der Waals surface area contributed by atoms with Crippen molar-refractivity contribution < 1.29 is 69.2 Å². The van der Waals surface area contributed by atoms with E-state index < -0.39 is 36.4 Å². The highest BCUT2D eigenvalue weighted by Crippen LogP contribution is 2.41. The number of fused-ring (bicyclic) bond motifs is 2. The van der Waals surface area contributed by atoms with Crippen molar-refractivity contribution in [2.45, 2.75) is 63.8 Å². The molecule has 2 aromatic rings. The molecule has 0 bridgehead atoms. The molecule has 0 radical (unpaired) electrons. The molecule has 1 saturated heterocycles. The van der Waals surface area contributed by atoms with Crippen molar-refractivity contribution >= 4 is 29.2 Å². The Morgan fingerprint density at radius 2 is 1.32 bits per heavy atom. The van der Waals surface area contributed by atoms with E-state index in [0.29, 0.717) is 0 Å². The molecule has 20 heteroatoms. The lowest BCUT2D eigenvalue weighted by Gasteiger charge is -2.50. The van der Waals surface area contributed by atoms with Crippen LogP contribution in [0, 0.1) is 6.92 Å². The molecule has 0 amide bonds. The van der Waals surface area contributed by atoms with Gasteiger partial charge in [-0.05, 0) is 48.7 Å². The molecule has 2 aliphatic heterocycles. The van der Waals surface area contributed by atoms with Crippen LogP contribution in [0.4, 0.5) is 39.5 Å². The highest BCUT2D eigenvalue weighted by molar-refractivity contribution is 7.07. The Morgan fingerprint density at radius 1 is 0.864 bits per heavy atom. The van der Waals surface area contributed by atoms with E-state index in [9.17, 15) is 39.5 Å². The molecule has 0 saturated carbocycles. The Kier molecular flexibility index (Phi) is 13.7. The van der Waals surface area contributed by atoms with Gasteiger partial charge in [0.15, 0.2) is 0 Å². The number of aryl methyl sites for hydroxylation is 1. The zero-order valence-electron chi connectivity index (χ0n) is 23.1. The molecule has 1 spiro atoms. The minimum Gasteiger partial charge on any atom is -0.475 e. The van der Waals surface area contributed by atoms with Crippen LogP contribution in [0.15, 0.2) is 23.0 Å². The first-order chi connectivity index (χ1) is 20.1. The first-order valence-corrected chi connectivity index (χ1v) is 13.4. The van der Waals surface area contributed by atoms with E-state index >= 15 is 0 Å². The van der Waals surface area contributed by atoms with Gasteiger partial charge in [-0.1, -0.05) is 6.92 Å². The number of hydrogen-bond donors (Lipinski definition) is 3. The van der Waals surface area contributed by atoms with E-state index in [-0.39, 0.29) is 5.54 Å². The second kappa shape index (κ2) is 15.6. The first kappa shape index (κ1) is 38.6. The standard InChI is InChI=1S/C18H26N4S.3C2HF3O2/c1-3-21-9-10-22-15(2)12-19-17(22)18(21)5-7-20(8-6-18)13-16-4-11-23-14-16;3*3-2(4,5)1(6)7/h4,11-12,14H,3,5-10,13H2,1-2H3;3*(H,6,7). The van der Waals surface area contributed by atoms with Gasteiger partial charge in [0, 0.05) is 44.6 Å². The smallest absolute Gasteiger partial charge is 0.475 e. The topological polar surface area (TPSA) is 136 Å². The predicted octanol–water partition coefficient (Wildman–Crippen LogP) is 4.98. The van der Waals surface area contributed by atoms with Crippen LogP contribution in [-0.4, -0.2) is 97.3 Å². The summed E-state index contributed by atoms with van der Waals surface area (Å²) in [6.45, 7) is 11.3. The summed E-state index contributed by atoms with van der Waals surface area (Å²) >= 11 is 1.80. The molecule has 4 heterocycles. The third kappa shape index (κ3) is 11.3. The van der Waals surface area contributed by atoms with Gasteiger partial charge in [0.05, 0.1) is 5.54 Å². The lowest BCUT2D eigenvalue weighted by atomic mass is 9.83. The molecular formula is C24H29F9N4O6S. The molecular weight excluding hydrogens is 643 g/mol. The largest absolute Gasteiger partial charge is 0.490 e. The van der Waals surface area contributed by atoms with Crippen molar-refractivity contribution in [1.29, 1.82) is 0 Å². The summed E-state index contributed by atoms with van der Waals surface area (Å²) < 4.78 is 97.7. The number of piperidine rings is 1. The van der Waals surface area contributed by atoms with Crippen LogP contribution in [0.2, 0.25) is 0 Å². The Hall–Kier alpha value is -3.39. The zero-order chi connectivity index (χ0) is 34.1. The minimum absolute atomic E-state index is 0.159. The lowest BCUT2D eigenvalue weighted by molar-refractivity contribution is -0.193. The van der Waals surface area contributed by atoms with Gasteiger partial charge in [-0.2, -0.15) is 50.9 Å². The summed E-state index contributed by atoms with van der Waals surface area (Å²) in [4.78, 5) is 36.8. The Morgan fingerprint density at radius 3 is 1.68 bits per heavy atom. The molecule has 10 nitrogen and oxygen atoms in total. The van der Waals surface area contributed by atoms with Gasteiger partial charge in [0.25, 0.3) is 0 Å². The monoisotopic (exact) mass is 672 g/mol. The van der Waals surface area contributed by atoms with Gasteiger partial charge in [-0.25, -0.2) is 19.4 Å². The summed E-state index contributed by atoms with van der Waals surface area (Å²) in [7, 11) is 0. The quantitative estimate of drug-likeness (QED) is 0.386. The van der Waals surface area contributed by atoms with E-state index in [1.54, 1.807) is 11.3 Å². The minimum atomic E-state index is -5.08. The summed E-state index contributed by atoms with van der Waals surface area (Å²) in [6.07, 6.45) is -10.8. The number of carboxylic acids is 3. The number of aromatic nitrogens is 2. The van der Waals surface area contributed by atoms with Gasteiger partial charge in [-0.3, -0.25) is 9.80 Å². The maximum Gasteiger partial charge on any atom is 0.490 e. The number of aliphatic carboxylic acids is 3. The van der Waals surface area contributed by atoms with Crippen LogP contribution in [-0.2, 0) is 33.0 Å². The van der Waals surface area contributed by atoms with Gasteiger partial charge in [0.2, 0.25) is 0 Å². The molecule has 0 atom stereocenters. The molecule has 0 aromatic carbocycles. The lowest BCUT2D eigenvalue weighted by Crippen LogP contribution is -2.57. The Balaban J connectivity index is 0.000000379. The van der Waals surface area contributed by atoms with Crippen molar-refractivity contribution in [1.82, 2.24) is 19.4 Å². The van der Waals surface area contributed by atoms with E-state index in [2.05, 4.69) is 51.2 Å². The van der Waals surface area contributed by atoms with Crippen LogP contribution in [0.1, 0.15) is 36.8 Å². The number of hydrogen-bond acceptors (Lipinski definition) is 7. The van der Waals surface area contributed by atoms with E-state index in [1.165, 1.54) is 29.9 Å². The van der Waals surface area contributed by atoms with E-state index in [1.807, 2.05) is 0 Å². The van der Waals surface area contributed by atoms with Crippen molar-refractivity contribution in [2.75, 3.05) is 26.2 Å². The molecule has 1 fully saturated rings. The average Bonchev–Trinajstić information content (AvgIpc) is 3.55. The fraction of sp³-hybridized carbons (Fsp3) is 0.583. The number of halogens is 9. The Bertz CT molecular complexity index is 1170. The van der Waals surface area contributed by atoms with Crippen LogP contribution < -0.4 is 0 Å². The average molecular weight is 673 g/mol. The summed E-state index contributed by atoms with van der Waals surface area (Å²) in [5.74, 6) is -6.95. The van der Waals surface area contributed by atoms with Gasteiger partial charge < -0.3 is 19.9 Å². The Labute approximate surface area is 248 Å². The fourth-order valence-electron chi connectivity index (χ4n) is 4.41. The maximum atomic E-state index is 10.6. The number of rotatable bonds is 3. The molecule has 250 valence electrons. The third-order valence-electron chi connectivity index (χ3n) is 6.45. The van der Waals surface area contributed by atoms with Crippen molar-refractivity contribution in [3.63, 3.8) is 0 Å². The van der Waals surface area contributed by atoms with Crippen LogP contribution >= 0.6 is 11.3 Å².